The Hall–Kier alpha value is -4.97. The fourth-order valence-electron chi connectivity index (χ4n) is 11.5. The predicted octanol–water partition coefficient (Wildman–Crippen LogP) is 4.74. The molecule has 4 aliphatic carbocycles. The van der Waals surface area contributed by atoms with E-state index < -0.39 is 94.2 Å². The zero-order chi connectivity index (χ0) is 55.1. The summed E-state index contributed by atoms with van der Waals surface area (Å²) < 4.78 is 68.8. The van der Waals surface area contributed by atoms with Crippen LogP contribution in [0.4, 0.5) is 14.5 Å². The Morgan fingerprint density at radius 2 is 1.53 bits per heavy atom. The average molecular weight is 1090 g/mol. The van der Waals surface area contributed by atoms with Crippen molar-refractivity contribution in [3.05, 3.63) is 89.0 Å². The highest BCUT2D eigenvalue weighted by molar-refractivity contribution is 7.81. The van der Waals surface area contributed by atoms with E-state index in [0.717, 1.165) is 17.2 Å². The lowest BCUT2D eigenvalue weighted by Gasteiger charge is -2.63. The van der Waals surface area contributed by atoms with Crippen LogP contribution in [0.25, 0.3) is 0 Å². The highest BCUT2D eigenvalue weighted by Gasteiger charge is 2.76. The molecule has 10 atom stereocenters. The molecular formula is C55H73F2N3O15S. The number of aliphatic hydroxyl groups excluding tert-OH is 2. The fourth-order valence-corrected chi connectivity index (χ4v) is 11.8. The van der Waals surface area contributed by atoms with Gasteiger partial charge in [0.2, 0.25) is 17.7 Å². The Morgan fingerprint density at radius 3 is 2.18 bits per heavy atom. The number of nitrogens with one attached hydrogen (secondary N) is 3. The molecule has 0 bridgehead atoms. The van der Waals surface area contributed by atoms with Crippen LogP contribution in [-0.2, 0) is 63.6 Å². The second-order valence-electron chi connectivity index (χ2n) is 20.1. The first-order valence-corrected chi connectivity index (χ1v) is 26.5. The van der Waals surface area contributed by atoms with Gasteiger partial charge in [0.15, 0.2) is 23.5 Å². The minimum atomic E-state index is -2.33. The summed E-state index contributed by atoms with van der Waals surface area (Å²) >= 11 is 3.92. The number of thiol groups is 1. The monoisotopic (exact) mass is 1090 g/mol. The molecule has 3 amide bonds. The molecule has 6 N–H and O–H groups in total. The number of carboxylic acids is 1. The molecular weight excluding hydrogens is 1010 g/mol. The number of allylic oxidation sites excluding steroid dienone is 4. The molecule has 2 aromatic rings. The standard InChI is InChI=1S/C55H73F2N3O15S/c1-4-74-51(75-54(46(64)34-61)17-13-40-41-31-43(56)42-30-39(62)12-16-52(42,2)55(41,57)45(63)33-53(40,54)3)37-10-8-35(9-11-37)28-36-6-5-7-38(29-36)60-48(66)15-20-70-22-24-72-26-27-73-25-23-71-21-19-58-47(65)14-18-59-50(69)44(76)32-49(67)68/h5-12,16,29-30,40-41,43-45,51,61,63,76H,4,13-15,17-28,31-34H2,1-3H3,(H,58,65)(H,59,69)(H,60,66)(H,67,68)/t40?,41-,43-,44?,45-,51+,52-,53-,54-,55-/m0/s1. The smallest absolute Gasteiger partial charge is 0.304 e. The highest BCUT2D eigenvalue weighted by Crippen LogP contribution is 2.71. The zero-order valence-corrected chi connectivity index (χ0v) is 44.3. The summed E-state index contributed by atoms with van der Waals surface area (Å²) in [5, 5.41) is 38.1. The number of carbonyl (C=O) groups excluding carboxylic acids is 5. The first-order valence-electron chi connectivity index (χ1n) is 25.9. The lowest BCUT2D eigenvalue weighted by atomic mass is 9.44. The number of rotatable bonds is 31. The minimum Gasteiger partial charge on any atom is -0.481 e. The molecule has 0 saturated heterocycles. The molecule has 76 heavy (non-hydrogen) atoms. The number of hydrogen-bond acceptors (Lipinski definition) is 15. The number of hydrogen-bond donors (Lipinski definition) is 7. The molecule has 418 valence electrons. The number of fused-ring (bicyclic) bond motifs is 5. The Labute approximate surface area is 447 Å². The van der Waals surface area contributed by atoms with Crippen LogP contribution in [-0.4, -0.2) is 159 Å². The largest absolute Gasteiger partial charge is 0.481 e. The van der Waals surface area contributed by atoms with Crippen molar-refractivity contribution in [2.45, 2.75) is 107 Å². The van der Waals surface area contributed by atoms with Crippen LogP contribution >= 0.6 is 12.6 Å². The van der Waals surface area contributed by atoms with Crippen LogP contribution < -0.4 is 16.0 Å². The third-order valence-electron chi connectivity index (χ3n) is 15.3. The van der Waals surface area contributed by atoms with E-state index in [0.29, 0.717) is 50.7 Å². The van der Waals surface area contributed by atoms with Crippen molar-refractivity contribution in [1.29, 1.82) is 0 Å². The van der Waals surface area contributed by atoms with Gasteiger partial charge in [0.1, 0.15) is 18.4 Å². The van der Waals surface area contributed by atoms with Crippen molar-refractivity contribution in [2.24, 2.45) is 22.7 Å². The van der Waals surface area contributed by atoms with Crippen molar-refractivity contribution in [1.82, 2.24) is 10.6 Å². The summed E-state index contributed by atoms with van der Waals surface area (Å²) in [5.74, 6) is -4.90. The predicted molar refractivity (Wildman–Crippen MR) is 277 cm³/mol. The van der Waals surface area contributed by atoms with Gasteiger partial charge in [-0.3, -0.25) is 28.8 Å². The minimum absolute atomic E-state index is 0.0139. The van der Waals surface area contributed by atoms with Gasteiger partial charge in [-0.2, -0.15) is 12.6 Å². The molecule has 0 spiro atoms. The van der Waals surface area contributed by atoms with E-state index in [2.05, 4.69) is 28.6 Å². The van der Waals surface area contributed by atoms with E-state index in [1.165, 1.54) is 19.1 Å². The summed E-state index contributed by atoms with van der Waals surface area (Å²) in [4.78, 5) is 73.4. The number of Topliss-reactive ketones (excluding diaryl/α,β-unsaturated/α-hetero) is 1. The normalized spacial score (nSPS) is 27.3. The van der Waals surface area contributed by atoms with Crippen molar-refractivity contribution < 1.29 is 81.3 Å². The van der Waals surface area contributed by atoms with E-state index in [-0.39, 0.29) is 95.4 Å². The fraction of sp³-hybridized carbons (Fsp3) is 0.600. The Kier molecular flexibility index (Phi) is 21.9. The number of anilines is 1. The van der Waals surface area contributed by atoms with E-state index in [1.807, 2.05) is 42.5 Å². The van der Waals surface area contributed by atoms with Crippen molar-refractivity contribution in [3.8, 4) is 0 Å². The number of ether oxygens (including phenoxy) is 6. The molecule has 2 unspecified atom stereocenters. The van der Waals surface area contributed by atoms with Crippen LogP contribution in [0.1, 0.15) is 88.7 Å². The second-order valence-corrected chi connectivity index (χ2v) is 20.7. The van der Waals surface area contributed by atoms with E-state index in [1.54, 1.807) is 19.9 Å². The Bertz CT molecular complexity index is 2410. The number of aliphatic hydroxyl groups is 2. The zero-order valence-electron chi connectivity index (χ0n) is 43.4. The summed E-state index contributed by atoms with van der Waals surface area (Å²) in [6.07, 6.45) is -0.477. The summed E-state index contributed by atoms with van der Waals surface area (Å²) in [7, 11) is 0. The summed E-state index contributed by atoms with van der Waals surface area (Å²) in [6, 6.07) is 14.9. The molecule has 0 aromatic heterocycles. The van der Waals surface area contributed by atoms with Crippen LogP contribution in [0.5, 0.6) is 0 Å². The molecule has 2 aromatic carbocycles. The number of carboxylic acid groups (broad SMARTS) is 1. The van der Waals surface area contributed by atoms with Crippen LogP contribution in [0.2, 0.25) is 0 Å². The molecule has 0 radical (unpaired) electrons. The summed E-state index contributed by atoms with van der Waals surface area (Å²) in [6.45, 7) is 7.13. The van der Waals surface area contributed by atoms with Gasteiger partial charge in [-0.15, -0.1) is 0 Å². The second kappa shape index (κ2) is 27.6. The molecule has 18 nitrogen and oxygen atoms in total. The molecule has 3 fully saturated rings. The number of alkyl halides is 2. The SMILES string of the molecule is CCO[C@H](O[C@]1(C(=O)CO)CCC2[C@@H]3C[C@H](F)C4=CC(=O)C=C[C@]4(C)[C@@]3(F)[C@@H](O)C[C@@]21C)c1ccc(Cc2cccc(NC(=O)CCOCCOCCOCCOCCNC(=O)CCNC(=O)C(S)CC(=O)O)c2)cc1. The maximum Gasteiger partial charge on any atom is 0.304 e. The topological polar surface area (TPSA) is 255 Å². The molecule has 6 rings (SSSR count). The Morgan fingerprint density at radius 1 is 0.855 bits per heavy atom. The molecule has 3 saturated carbocycles. The lowest BCUT2D eigenvalue weighted by molar-refractivity contribution is -0.268. The van der Waals surface area contributed by atoms with Gasteiger partial charge in [-0.05, 0) is 92.9 Å². The van der Waals surface area contributed by atoms with Gasteiger partial charge in [-0.25, -0.2) is 8.78 Å². The number of aliphatic carboxylic acids is 1. The number of amides is 3. The summed E-state index contributed by atoms with van der Waals surface area (Å²) in [5.41, 5.74) is -3.75. The van der Waals surface area contributed by atoms with Gasteiger partial charge in [0.25, 0.3) is 0 Å². The lowest BCUT2D eigenvalue weighted by Crippen LogP contribution is -2.70. The molecule has 4 aliphatic rings. The average Bonchev–Trinajstić information content (AvgIpc) is 3.90. The van der Waals surface area contributed by atoms with Crippen LogP contribution in [0.3, 0.4) is 0 Å². The van der Waals surface area contributed by atoms with Crippen LogP contribution in [0.15, 0.2) is 72.3 Å². The van der Waals surface area contributed by atoms with E-state index >= 15 is 8.78 Å². The molecule has 0 heterocycles. The quantitative estimate of drug-likeness (QED) is 0.0306. The number of benzene rings is 2. The molecule has 21 heteroatoms. The maximum atomic E-state index is 17.8. The van der Waals surface area contributed by atoms with Gasteiger partial charge >= 0.3 is 5.97 Å². The highest BCUT2D eigenvalue weighted by atomic mass is 32.1. The van der Waals surface area contributed by atoms with Gasteiger partial charge < -0.3 is 59.7 Å². The third-order valence-corrected chi connectivity index (χ3v) is 15.7. The van der Waals surface area contributed by atoms with E-state index in [4.69, 9.17) is 33.5 Å². The first-order chi connectivity index (χ1) is 36.3. The Balaban J connectivity index is 0.887. The maximum absolute atomic E-state index is 17.8. The van der Waals surface area contributed by atoms with Crippen LogP contribution in [0, 0.1) is 22.7 Å². The molecule has 0 aliphatic heterocycles. The van der Waals surface area contributed by atoms with Crippen molar-refractivity contribution in [3.63, 3.8) is 0 Å². The van der Waals surface area contributed by atoms with Crippen molar-refractivity contribution in [2.75, 3.05) is 84.5 Å². The van der Waals surface area contributed by atoms with Gasteiger partial charge in [0, 0.05) is 54.1 Å². The van der Waals surface area contributed by atoms with E-state index in [9.17, 15) is 39.0 Å². The number of halogens is 2. The first kappa shape index (κ1) is 60.3. The van der Waals surface area contributed by atoms with Gasteiger partial charge in [-0.1, -0.05) is 49.4 Å². The number of ketones is 2. The van der Waals surface area contributed by atoms with Crippen molar-refractivity contribution >= 4 is 53.6 Å². The van der Waals surface area contributed by atoms with Gasteiger partial charge in [0.05, 0.1) is 77.1 Å². The number of carbonyl (C=O) groups is 6. The third kappa shape index (κ3) is 14.2.